The highest BCUT2D eigenvalue weighted by molar-refractivity contribution is 5.94. The summed E-state index contributed by atoms with van der Waals surface area (Å²) >= 11 is 0. The van der Waals surface area contributed by atoms with Crippen LogP contribution in [0.25, 0.3) is 0 Å². The Hall–Kier alpha value is -3.67. The van der Waals surface area contributed by atoms with Crippen molar-refractivity contribution in [3.8, 4) is 23.0 Å². The van der Waals surface area contributed by atoms with Gasteiger partial charge in [-0.25, -0.2) is 0 Å². The van der Waals surface area contributed by atoms with Gasteiger partial charge >= 0.3 is 0 Å². The first-order valence-corrected chi connectivity index (χ1v) is 13.6. The lowest BCUT2D eigenvalue weighted by molar-refractivity contribution is 0.0920. The minimum absolute atomic E-state index is 0.0607. The van der Waals surface area contributed by atoms with E-state index in [4.69, 9.17) is 18.9 Å². The van der Waals surface area contributed by atoms with Gasteiger partial charge in [-0.05, 0) is 91.3 Å². The Bertz CT molecular complexity index is 1220. The first kappa shape index (κ1) is 26.0. The van der Waals surface area contributed by atoms with Gasteiger partial charge in [-0.15, -0.1) is 0 Å². The predicted octanol–water partition coefficient (Wildman–Crippen LogP) is 6.53. The van der Waals surface area contributed by atoms with E-state index >= 15 is 0 Å². The molecule has 2 atom stereocenters. The van der Waals surface area contributed by atoms with Crippen molar-refractivity contribution in [1.82, 2.24) is 5.32 Å². The molecule has 0 saturated heterocycles. The number of hydrogen-bond acceptors (Lipinski definition) is 5. The van der Waals surface area contributed by atoms with Crippen molar-refractivity contribution in [3.63, 3.8) is 0 Å². The van der Waals surface area contributed by atoms with Crippen LogP contribution in [0.4, 0.5) is 0 Å². The van der Waals surface area contributed by atoms with Gasteiger partial charge in [0.1, 0.15) is 18.1 Å². The highest BCUT2D eigenvalue weighted by Crippen LogP contribution is 2.37. The second-order valence-electron chi connectivity index (χ2n) is 10.3. The van der Waals surface area contributed by atoms with Crippen LogP contribution in [0.15, 0.2) is 66.7 Å². The second-order valence-corrected chi connectivity index (χ2v) is 10.3. The summed E-state index contributed by atoms with van der Waals surface area (Å²) in [7, 11) is 3.29. The van der Waals surface area contributed by atoms with E-state index in [2.05, 4.69) is 11.4 Å². The predicted molar refractivity (Wildman–Crippen MR) is 147 cm³/mol. The molecule has 0 heterocycles. The number of hydrogen-bond donors (Lipinski definition) is 1. The van der Waals surface area contributed by atoms with Crippen molar-refractivity contribution in [3.05, 3.63) is 83.4 Å². The molecule has 200 valence electrons. The normalized spacial score (nSPS) is 18.9. The van der Waals surface area contributed by atoms with Gasteiger partial charge in [0.2, 0.25) is 0 Å². The van der Waals surface area contributed by atoms with Crippen molar-refractivity contribution >= 4 is 5.91 Å². The Kier molecular flexibility index (Phi) is 8.37. The molecule has 2 aliphatic carbocycles. The van der Waals surface area contributed by atoms with E-state index in [0.29, 0.717) is 23.7 Å². The number of carbonyl (C=O) groups excluding carboxylic acids is 1. The van der Waals surface area contributed by atoms with E-state index in [-0.39, 0.29) is 17.9 Å². The van der Waals surface area contributed by atoms with Gasteiger partial charge in [-0.1, -0.05) is 31.0 Å². The standard InChI is InChI=1S/C32H37NO5/c1-35-30-17-14-25(19-31(30)36-2)28-8-3-4-9-29(28)33-32(34)24-12-15-26(16-13-24)37-21-23-6-5-7-27(18-23)38-20-22-10-11-22/h5-7,12-19,22,28-29H,3-4,8-11,20-21H2,1-2H3,(H,33,34). The van der Waals surface area contributed by atoms with Gasteiger partial charge in [0.15, 0.2) is 11.5 Å². The van der Waals surface area contributed by atoms with Gasteiger partial charge in [-0.2, -0.15) is 0 Å². The molecule has 0 bridgehead atoms. The molecule has 0 aliphatic heterocycles. The van der Waals surface area contributed by atoms with Crippen LogP contribution in [0.2, 0.25) is 0 Å². The molecular formula is C32H37NO5. The minimum Gasteiger partial charge on any atom is -0.493 e. The van der Waals surface area contributed by atoms with Crippen LogP contribution in [0.3, 0.4) is 0 Å². The van der Waals surface area contributed by atoms with Crippen molar-refractivity contribution in [1.29, 1.82) is 0 Å². The molecule has 1 N–H and O–H groups in total. The topological polar surface area (TPSA) is 66.0 Å². The van der Waals surface area contributed by atoms with Gasteiger partial charge in [0, 0.05) is 17.5 Å². The summed E-state index contributed by atoms with van der Waals surface area (Å²) in [6.45, 7) is 1.24. The van der Waals surface area contributed by atoms with E-state index in [1.54, 1.807) is 14.2 Å². The molecule has 38 heavy (non-hydrogen) atoms. The Morgan fingerprint density at radius 1 is 0.816 bits per heavy atom. The largest absolute Gasteiger partial charge is 0.493 e. The Morgan fingerprint density at radius 3 is 2.37 bits per heavy atom. The fourth-order valence-corrected chi connectivity index (χ4v) is 5.13. The first-order valence-electron chi connectivity index (χ1n) is 13.6. The van der Waals surface area contributed by atoms with E-state index in [1.165, 1.54) is 18.4 Å². The molecule has 2 saturated carbocycles. The van der Waals surface area contributed by atoms with Crippen molar-refractivity contribution in [2.45, 2.75) is 57.1 Å². The summed E-state index contributed by atoms with van der Waals surface area (Å²) in [6, 6.07) is 21.5. The van der Waals surface area contributed by atoms with Crippen LogP contribution in [0.1, 0.15) is 65.9 Å². The summed E-state index contributed by atoms with van der Waals surface area (Å²) in [5.41, 5.74) is 2.85. The molecule has 2 fully saturated rings. The van der Waals surface area contributed by atoms with Crippen molar-refractivity contribution in [2.75, 3.05) is 20.8 Å². The number of amides is 1. The molecule has 1 amide bonds. The van der Waals surface area contributed by atoms with E-state index in [0.717, 1.165) is 55.3 Å². The Balaban J connectivity index is 1.17. The van der Waals surface area contributed by atoms with Crippen molar-refractivity contribution < 1.29 is 23.7 Å². The third kappa shape index (κ3) is 6.60. The van der Waals surface area contributed by atoms with Crippen LogP contribution in [0.5, 0.6) is 23.0 Å². The summed E-state index contributed by atoms with van der Waals surface area (Å²) in [4.78, 5) is 13.1. The fraction of sp³-hybridized carbons (Fsp3) is 0.406. The van der Waals surface area contributed by atoms with Crippen LogP contribution in [-0.2, 0) is 6.61 Å². The zero-order chi connectivity index (χ0) is 26.3. The van der Waals surface area contributed by atoms with Gasteiger partial charge < -0.3 is 24.3 Å². The molecule has 2 aliphatic rings. The summed E-state index contributed by atoms with van der Waals surface area (Å²) in [6.07, 6.45) is 6.78. The molecule has 2 unspecified atom stereocenters. The van der Waals surface area contributed by atoms with Gasteiger partial charge in [-0.3, -0.25) is 4.79 Å². The zero-order valence-corrected chi connectivity index (χ0v) is 22.3. The first-order chi connectivity index (χ1) is 18.6. The number of carbonyl (C=O) groups is 1. The lowest BCUT2D eigenvalue weighted by Gasteiger charge is -2.33. The van der Waals surface area contributed by atoms with E-state index in [1.807, 2.05) is 60.7 Å². The Labute approximate surface area is 225 Å². The number of rotatable bonds is 11. The highest BCUT2D eigenvalue weighted by Gasteiger charge is 2.29. The van der Waals surface area contributed by atoms with Crippen molar-refractivity contribution in [2.24, 2.45) is 5.92 Å². The average molecular weight is 516 g/mol. The molecular weight excluding hydrogens is 478 g/mol. The summed E-state index contributed by atoms with van der Waals surface area (Å²) in [5.74, 6) is 3.94. The molecule has 0 radical (unpaired) electrons. The molecule has 0 spiro atoms. The SMILES string of the molecule is COc1ccc(C2CCCCC2NC(=O)c2ccc(OCc3cccc(OCC4CC4)c3)cc2)cc1OC. The van der Waals surface area contributed by atoms with Crippen LogP contribution >= 0.6 is 0 Å². The monoisotopic (exact) mass is 515 g/mol. The van der Waals surface area contributed by atoms with Gasteiger partial charge in [0.25, 0.3) is 5.91 Å². The van der Waals surface area contributed by atoms with Crippen LogP contribution < -0.4 is 24.3 Å². The van der Waals surface area contributed by atoms with E-state index in [9.17, 15) is 4.79 Å². The Morgan fingerprint density at radius 2 is 1.61 bits per heavy atom. The number of methoxy groups -OCH3 is 2. The molecule has 3 aromatic carbocycles. The maximum Gasteiger partial charge on any atom is 0.251 e. The number of ether oxygens (including phenoxy) is 4. The summed E-state index contributed by atoms with van der Waals surface area (Å²) < 4.78 is 22.8. The van der Waals surface area contributed by atoms with E-state index < -0.39 is 0 Å². The molecule has 6 nitrogen and oxygen atoms in total. The molecule has 6 heteroatoms. The lowest BCUT2D eigenvalue weighted by atomic mass is 9.79. The number of benzene rings is 3. The van der Waals surface area contributed by atoms with Crippen LogP contribution in [0, 0.1) is 5.92 Å². The second kappa shape index (κ2) is 12.2. The lowest BCUT2D eigenvalue weighted by Crippen LogP contribution is -2.41. The quantitative estimate of drug-likeness (QED) is 0.315. The molecule has 3 aromatic rings. The molecule has 0 aromatic heterocycles. The maximum atomic E-state index is 13.1. The third-order valence-corrected chi connectivity index (χ3v) is 7.52. The highest BCUT2D eigenvalue weighted by atomic mass is 16.5. The van der Waals surface area contributed by atoms with Gasteiger partial charge in [0.05, 0.1) is 20.8 Å². The fourth-order valence-electron chi connectivity index (χ4n) is 5.13. The maximum absolute atomic E-state index is 13.1. The zero-order valence-electron chi connectivity index (χ0n) is 22.3. The number of nitrogens with one attached hydrogen (secondary N) is 1. The third-order valence-electron chi connectivity index (χ3n) is 7.52. The smallest absolute Gasteiger partial charge is 0.251 e. The van der Waals surface area contributed by atoms with Crippen LogP contribution in [-0.4, -0.2) is 32.8 Å². The molecule has 5 rings (SSSR count). The summed E-state index contributed by atoms with van der Waals surface area (Å²) in [5, 5.41) is 3.29. The average Bonchev–Trinajstić information content (AvgIpc) is 3.80. The minimum atomic E-state index is -0.0607.